The summed E-state index contributed by atoms with van der Waals surface area (Å²) in [6.07, 6.45) is -4.72. The zero-order chi connectivity index (χ0) is 26.4. The van der Waals surface area contributed by atoms with E-state index in [1.165, 1.54) is 23.1 Å². The molecular formula is C24H24F3N5O3S. The van der Waals surface area contributed by atoms with Crippen LogP contribution < -0.4 is 10.1 Å². The maximum absolute atomic E-state index is 12.9. The summed E-state index contributed by atoms with van der Waals surface area (Å²) in [6.45, 7) is 3.48. The average molecular weight is 520 g/mol. The molecule has 2 heterocycles. The Morgan fingerprint density at radius 2 is 1.81 bits per heavy atom. The number of halogens is 3. The van der Waals surface area contributed by atoms with Crippen molar-refractivity contribution in [3.63, 3.8) is 0 Å². The summed E-state index contributed by atoms with van der Waals surface area (Å²) < 4.78 is 43.8. The van der Waals surface area contributed by atoms with E-state index in [2.05, 4.69) is 20.0 Å². The fourth-order valence-corrected chi connectivity index (χ4v) is 4.81. The molecule has 0 aliphatic rings. The molecule has 190 valence electrons. The van der Waals surface area contributed by atoms with Crippen LogP contribution in [0, 0.1) is 5.41 Å². The molecule has 0 bridgehead atoms. The number of alkyl halides is 3. The second-order valence-corrected chi connectivity index (χ2v) is 10.2. The lowest BCUT2D eigenvalue weighted by Crippen LogP contribution is -2.37. The van der Waals surface area contributed by atoms with E-state index in [0.29, 0.717) is 32.4 Å². The van der Waals surface area contributed by atoms with Gasteiger partial charge in [0.1, 0.15) is 5.75 Å². The second-order valence-electron chi connectivity index (χ2n) is 9.20. The number of anilines is 2. The van der Waals surface area contributed by atoms with Gasteiger partial charge in [0.05, 0.1) is 26.7 Å². The molecule has 0 spiro atoms. The highest BCUT2D eigenvalue weighted by Gasteiger charge is 2.32. The van der Waals surface area contributed by atoms with E-state index in [9.17, 15) is 22.8 Å². The highest BCUT2D eigenvalue weighted by Crippen LogP contribution is 2.33. The largest absolute Gasteiger partial charge is 0.573 e. The minimum Gasteiger partial charge on any atom is -0.406 e. The SMILES string of the molecule is CN(C)C(=O)C(C)(C)CC(=O)c1ccc2c(c1)nc(Nc1nc3ccc(OC(F)(F)F)cc3s1)n2C. The Labute approximate surface area is 208 Å². The number of aryl methyl sites for hydroxylation is 1. The first-order chi connectivity index (χ1) is 16.7. The van der Waals surface area contributed by atoms with Crippen molar-refractivity contribution in [1.29, 1.82) is 0 Å². The highest BCUT2D eigenvalue weighted by atomic mass is 32.1. The number of thiazole rings is 1. The van der Waals surface area contributed by atoms with E-state index in [1.54, 1.807) is 57.8 Å². The van der Waals surface area contributed by atoms with Crippen molar-refractivity contribution in [3.05, 3.63) is 42.0 Å². The summed E-state index contributed by atoms with van der Waals surface area (Å²) >= 11 is 1.16. The van der Waals surface area contributed by atoms with Crippen LogP contribution in [0.25, 0.3) is 21.3 Å². The zero-order valence-electron chi connectivity index (χ0n) is 20.2. The minimum absolute atomic E-state index is 0.0548. The lowest BCUT2D eigenvalue weighted by atomic mass is 9.84. The van der Waals surface area contributed by atoms with Crippen molar-refractivity contribution < 1.29 is 27.5 Å². The number of benzene rings is 2. The first kappa shape index (κ1) is 25.4. The molecule has 36 heavy (non-hydrogen) atoms. The molecule has 0 aliphatic carbocycles. The third-order valence-corrected chi connectivity index (χ3v) is 6.54. The van der Waals surface area contributed by atoms with Crippen LogP contribution in [0.15, 0.2) is 36.4 Å². The van der Waals surface area contributed by atoms with Gasteiger partial charge in [-0.25, -0.2) is 9.97 Å². The van der Waals surface area contributed by atoms with Crippen LogP contribution in [-0.4, -0.2) is 51.6 Å². The summed E-state index contributed by atoms with van der Waals surface area (Å²) in [5.41, 5.74) is 1.45. The Hall–Kier alpha value is -3.67. The molecule has 2 aromatic heterocycles. The van der Waals surface area contributed by atoms with E-state index in [0.717, 1.165) is 16.9 Å². The number of rotatable bonds is 7. The van der Waals surface area contributed by atoms with Crippen molar-refractivity contribution in [2.45, 2.75) is 26.6 Å². The molecule has 4 aromatic rings. The molecule has 0 unspecified atom stereocenters. The molecule has 1 amide bonds. The molecule has 4 rings (SSSR count). The Morgan fingerprint density at radius 1 is 1.08 bits per heavy atom. The Bertz CT molecular complexity index is 1470. The molecule has 1 N–H and O–H groups in total. The number of imidazole rings is 1. The fourth-order valence-electron chi connectivity index (χ4n) is 3.92. The van der Waals surface area contributed by atoms with Crippen LogP contribution in [-0.2, 0) is 11.8 Å². The first-order valence-electron chi connectivity index (χ1n) is 10.9. The third-order valence-electron chi connectivity index (χ3n) is 5.60. The summed E-state index contributed by atoms with van der Waals surface area (Å²) in [6, 6.07) is 9.10. The van der Waals surface area contributed by atoms with Gasteiger partial charge in [-0.15, -0.1) is 13.2 Å². The zero-order valence-corrected chi connectivity index (χ0v) is 21.0. The number of fused-ring (bicyclic) bond motifs is 2. The summed E-state index contributed by atoms with van der Waals surface area (Å²) in [4.78, 5) is 35.8. The van der Waals surface area contributed by atoms with E-state index in [-0.39, 0.29) is 23.9 Å². The van der Waals surface area contributed by atoms with Crippen LogP contribution in [0.3, 0.4) is 0 Å². The maximum Gasteiger partial charge on any atom is 0.573 e. The van der Waals surface area contributed by atoms with Crippen molar-refractivity contribution in [2.75, 3.05) is 19.4 Å². The molecule has 0 aliphatic heterocycles. The molecule has 0 radical (unpaired) electrons. The predicted octanol–water partition coefficient (Wildman–Crippen LogP) is 5.51. The lowest BCUT2D eigenvalue weighted by Gasteiger charge is -2.26. The van der Waals surface area contributed by atoms with Crippen LogP contribution in [0.1, 0.15) is 30.6 Å². The minimum atomic E-state index is -4.77. The molecule has 0 saturated heterocycles. The number of ether oxygens (including phenoxy) is 1. The van der Waals surface area contributed by atoms with Crippen molar-refractivity contribution in [1.82, 2.24) is 19.4 Å². The molecule has 0 fully saturated rings. The van der Waals surface area contributed by atoms with Crippen LogP contribution in [0.2, 0.25) is 0 Å². The number of carbonyl (C=O) groups is 2. The van der Waals surface area contributed by atoms with Gasteiger partial charge in [0.2, 0.25) is 11.9 Å². The molecule has 2 aromatic carbocycles. The number of hydrogen-bond donors (Lipinski definition) is 1. The smallest absolute Gasteiger partial charge is 0.406 e. The van der Waals surface area contributed by atoms with Gasteiger partial charge >= 0.3 is 6.36 Å². The number of hydrogen-bond acceptors (Lipinski definition) is 7. The van der Waals surface area contributed by atoms with Crippen LogP contribution in [0.5, 0.6) is 5.75 Å². The fraction of sp³-hybridized carbons (Fsp3) is 0.333. The van der Waals surface area contributed by atoms with Crippen LogP contribution in [0.4, 0.5) is 24.3 Å². The maximum atomic E-state index is 12.9. The topological polar surface area (TPSA) is 89.3 Å². The molecule has 0 saturated carbocycles. The second kappa shape index (κ2) is 9.08. The predicted molar refractivity (Wildman–Crippen MR) is 132 cm³/mol. The third kappa shape index (κ3) is 5.27. The van der Waals surface area contributed by atoms with Gasteiger partial charge in [-0.05, 0) is 30.3 Å². The Morgan fingerprint density at radius 3 is 2.47 bits per heavy atom. The molecule has 0 atom stereocenters. The Balaban J connectivity index is 1.57. The van der Waals surface area contributed by atoms with E-state index < -0.39 is 11.8 Å². The molecule has 8 nitrogen and oxygen atoms in total. The first-order valence-corrected chi connectivity index (χ1v) is 11.7. The molecule has 12 heteroatoms. The van der Waals surface area contributed by atoms with Crippen LogP contribution >= 0.6 is 11.3 Å². The number of Topliss-reactive ketones (excluding diaryl/α,β-unsaturated/α-hetero) is 1. The molecular weight excluding hydrogens is 495 g/mol. The number of nitrogens with zero attached hydrogens (tertiary/aromatic N) is 4. The lowest BCUT2D eigenvalue weighted by molar-refractivity contribution is -0.274. The van der Waals surface area contributed by atoms with Crippen molar-refractivity contribution in [3.8, 4) is 5.75 Å². The normalized spacial score (nSPS) is 12.2. The number of carbonyl (C=O) groups excluding carboxylic acids is 2. The summed E-state index contributed by atoms with van der Waals surface area (Å²) in [7, 11) is 5.11. The van der Waals surface area contributed by atoms with Gasteiger partial charge in [-0.2, -0.15) is 0 Å². The average Bonchev–Trinajstić information content (AvgIpc) is 3.31. The standard InChI is InChI=1S/C24H24F3N5O3S/c1-23(2,20(34)31(3)4)12-18(33)13-6-9-17-16(10-13)28-21(32(17)5)30-22-29-15-8-7-14(11-19(15)36-22)35-24(25,26)27/h6-11H,12H2,1-5H3,(H,28,29,30). The van der Waals surface area contributed by atoms with Gasteiger partial charge in [0, 0.05) is 39.2 Å². The monoisotopic (exact) mass is 519 g/mol. The number of aromatic nitrogens is 3. The van der Waals surface area contributed by atoms with Crippen molar-refractivity contribution in [2.24, 2.45) is 12.5 Å². The van der Waals surface area contributed by atoms with Gasteiger partial charge in [-0.3, -0.25) is 9.59 Å². The quantitative estimate of drug-likeness (QED) is 0.324. The van der Waals surface area contributed by atoms with E-state index in [4.69, 9.17) is 0 Å². The van der Waals surface area contributed by atoms with Gasteiger partial charge in [0.25, 0.3) is 0 Å². The highest BCUT2D eigenvalue weighted by molar-refractivity contribution is 7.22. The van der Waals surface area contributed by atoms with Gasteiger partial charge in [-0.1, -0.05) is 25.2 Å². The van der Waals surface area contributed by atoms with Gasteiger partial charge < -0.3 is 19.5 Å². The van der Waals surface area contributed by atoms with E-state index in [1.807, 2.05) is 0 Å². The number of ketones is 1. The number of amides is 1. The summed E-state index contributed by atoms with van der Waals surface area (Å²) in [5.74, 6) is -0.168. The number of nitrogens with one attached hydrogen (secondary N) is 1. The summed E-state index contributed by atoms with van der Waals surface area (Å²) in [5, 5.41) is 3.53. The van der Waals surface area contributed by atoms with E-state index >= 15 is 0 Å². The van der Waals surface area contributed by atoms with Crippen molar-refractivity contribution >= 4 is 55.4 Å². The van der Waals surface area contributed by atoms with Gasteiger partial charge in [0.15, 0.2) is 10.9 Å². The Kier molecular flexibility index (Phi) is 6.41.